The number of hydrogen-bond donors (Lipinski definition) is 1. The van der Waals surface area contributed by atoms with Gasteiger partial charge in [0.2, 0.25) is 0 Å². The van der Waals surface area contributed by atoms with Crippen molar-refractivity contribution in [2.75, 3.05) is 19.0 Å². The number of ether oxygens (including phenoxy) is 1. The van der Waals surface area contributed by atoms with Crippen molar-refractivity contribution in [1.29, 1.82) is 0 Å². The summed E-state index contributed by atoms with van der Waals surface area (Å²) in [6.07, 6.45) is 1.87. The van der Waals surface area contributed by atoms with Crippen LogP contribution in [0.3, 0.4) is 0 Å². The molecule has 0 unspecified atom stereocenters. The minimum atomic E-state index is -0.156. The molecule has 0 aliphatic heterocycles. The van der Waals surface area contributed by atoms with E-state index < -0.39 is 0 Å². The molecule has 1 amide bonds. The van der Waals surface area contributed by atoms with E-state index in [4.69, 9.17) is 9.15 Å². The van der Waals surface area contributed by atoms with Crippen LogP contribution in [0.15, 0.2) is 53.1 Å². The lowest BCUT2D eigenvalue weighted by Crippen LogP contribution is -2.11. The van der Waals surface area contributed by atoms with Gasteiger partial charge >= 0.3 is 0 Å². The summed E-state index contributed by atoms with van der Waals surface area (Å²) >= 11 is 0. The molecule has 0 saturated heterocycles. The maximum Gasteiger partial charge on any atom is 0.257 e. The van der Waals surface area contributed by atoms with Crippen LogP contribution in [-0.2, 0) is 11.3 Å². The number of methoxy groups -OCH3 is 1. The standard InChI is InChI=1S/C20H19N3O3/c1-13-21-17-11-14(7-8-19(17)26-13)22-20(24)16-12-23(9-10-25-2)18-6-4-3-5-15(16)18/h3-8,11-12H,9-10H2,1-2H3,(H,22,24). The molecule has 0 aliphatic carbocycles. The fourth-order valence-corrected chi connectivity index (χ4v) is 3.12. The Bertz CT molecular complexity index is 1090. The molecule has 0 fully saturated rings. The molecule has 4 aromatic rings. The summed E-state index contributed by atoms with van der Waals surface area (Å²) in [4.78, 5) is 17.2. The lowest BCUT2D eigenvalue weighted by molar-refractivity contribution is 0.102. The number of hydrogen-bond acceptors (Lipinski definition) is 4. The van der Waals surface area contributed by atoms with Crippen LogP contribution in [0.1, 0.15) is 16.2 Å². The number of amides is 1. The summed E-state index contributed by atoms with van der Waals surface area (Å²) < 4.78 is 12.7. The van der Waals surface area contributed by atoms with Gasteiger partial charge < -0.3 is 19.0 Å². The van der Waals surface area contributed by atoms with Crippen LogP contribution in [-0.4, -0.2) is 29.2 Å². The Hall–Kier alpha value is -3.12. The topological polar surface area (TPSA) is 69.3 Å². The van der Waals surface area contributed by atoms with Crippen molar-refractivity contribution in [2.45, 2.75) is 13.5 Å². The quantitative estimate of drug-likeness (QED) is 0.591. The third-order valence-electron chi connectivity index (χ3n) is 4.32. The van der Waals surface area contributed by atoms with E-state index in [1.54, 1.807) is 14.0 Å². The average Bonchev–Trinajstić information content (AvgIpc) is 3.19. The van der Waals surface area contributed by atoms with E-state index in [1.165, 1.54) is 0 Å². The van der Waals surface area contributed by atoms with Crippen molar-refractivity contribution in [3.63, 3.8) is 0 Å². The van der Waals surface area contributed by atoms with Crippen molar-refractivity contribution >= 4 is 33.6 Å². The summed E-state index contributed by atoms with van der Waals surface area (Å²) in [6.45, 7) is 3.07. The van der Waals surface area contributed by atoms with Crippen LogP contribution < -0.4 is 5.32 Å². The molecule has 0 bridgehead atoms. The molecule has 0 spiro atoms. The van der Waals surface area contributed by atoms with Gasteiger partial charge in [-0.2, -0.15) is 0 Å². The van der Waals surface area contributed by atoms with E-state index in [0.29, 0.717) is 35.9 Å². The Morgan fingerprint density at radius 1 is 1.27 bits per heavy atom. The number of aryl methyl sites for hydroxylation is 1. The van der Waals surface area contributed by atoms with Gasteiger partial charge in [0.15, 0.2) is 11.5 Å². The maximum absolute atomic E-state index is 12.9. The number of nitrogens with zero attached hydrogens (tertiary/aromatic N) is 2. The second-order valence-corrected chi connectivity index (χ2v) is 6.12. The number of carbonyl (C=O) groups excluding carboxylic acids is 1. The monoisotopic (exact) mass is 349 g/mol. The normalized spacial score (nSPS) is 11.3. The summed E-state index contributed by atoms with van der Waals surface area (Å²) in [5.74, 6) is 0.446. The Morgan fingerprint density at radius 3 is 2.96 bits per heavy atom. The van der Waals surface area contributed by atoms with E-state index in [9.17, 15) is 4.79 Å². The molecule has 0 atom stereocenters. The van der Waals surface area contributed by atoms with Crippen molar-refractivity contribution in [3.05, 3.63) is 60.1 Å². The lowest BCUT2D eigenvalue weighted by atomic mass is 10.1. The predicted molar refractivity (Wildman–Crippen MR) is 101 cm³/mol. The molecule has 1 N–H and O–H groups in total. The minimum Gasteiger partial charge on any atom is -0.441 e. The SMILES string of the molecule is COCCn1cc(C(=O)Nc2ccc3oc(C)nc3c2)c2ccccc21. The number of aromatic nitrogens is 2. The largest absolute Gasteiger partial charge is 0.441 e. The first-order valence-corrected chi connectivity index (χ1v) is 8.41. The van der Waals surface area contributed by atoms with E-state index in [-0.39, 0.29) is 5.91 Å². The van der Waals surface area contributed by atoms with Crippen LogP contribution in [0.25, 0.3) is 22.0 Å². The molecule has 2 aromatic carbocycles. The van der Waals surface area contributed by atoms with Gasteiger partial charge in [-0.05, 0) is 24.3 Å². The Kier molecular flexibility index (Phi) is 4.18. The fraction of sp³-hybridized carbons (Fsp3) is 0.200. The van der Waals surface area contributed by atoms with Crippen molar-refractivity contribution in [3.8, 4) is 0 Å². The summed E-state index contributed by atoms with van der Waals surface area (Å²) in [6, 6.07) is 13.3. The number of oxazole rings is 1. The van der Waals surface area contributed by atoms with Crippen LogP contribution in [0.5, 0.6) is 0 Å². The molecule has 6 nitrogen and oxygen atoms in total. The number of anilines is 1. The number of carbonyl (C=O) groups is 1. The number of benzene rings is 2. The van der Waals surface area contributed by atoms with E-state index >= 15 is 0 Å². The Balaban J connectivity index is 1.66. The molecule has 132 valence electrons. The zero-order valence-corrected chi connectivity index (χ0v) is 14.7. The van der Waals surface area contributed by atoms with Crippen molar-refractivity contribution in [1.82, 2.24) is 9.55 Å². The van der Waals surface area contributed by atoms with Gasteiger partial charge in [0.05, 0.1) is 12.2 Å². The van der Waals surface area contributed by atoms with Crippen molar-refractivity contribution in [2.24, 2.45) is 0 Å². The molecular formula is C20H19N3O3. The van der Waals surface area contributed by atoms with Crippen LogP contribution in [0.2, 0.25) is 0 Å². The lowest BCUT2D eigenvalue weighted by Gasteiger charge is -2.04. The minimum absolute atomic E-state index is 0.156. The highest BCUT2D eigenvalue weighted by molar-refractivity contribution is 6.13. The molecular weight excluding hydrogens is 330 g/mol. The Morgan fingerprint density at radius 2 is 2.12 bits per heavy atom. The molecule has 6 heteroatoms. The van der Waals surface area contributed by atoms with Crippen LogP contribution in [0, 0.1) is 6.92 Å². The van der Waals surface area contributed by atoms with Crippen molar-refractivity contribution < 1.29 is 13.9 Å². The first-order valence-electron chi connectivity index (χ1n) is 8.41. The molecule has 0 saturated carbocycles. The highest BCUT2D eigenvalue weighted by Crippen LogP contribution is 2.24. The summed E-state index contributed by atoms with van der Waals surface area (Å²) in [5.41, 5.74) is 3.76. The van der Waals surface area contributed by atoms with Gasteiger partial charge in [-0.25, -0.2) is 4.98 Å². The van der Waals surface area contributed by atoms with Gasteiger partial charge in [0, 0.05) is 43.4 Å². The molecule has 2 aromatic heterocycles. The highest BCUT2D eigenvalue weighted by Gasteiger charge is 2.15. The van der Waals surface area contributed by atoms with Gasteiger partial charge in [-0.15, -0.1) is 0 Å². The summed E-state index contributed by atoms with van der Waals surface area (Å²) in [5, 5.41) is 3.87. The summed E-state index contributed by atoms with van der Waals surface area (Å²) in [7, 11) is 1.67. The van der Waals surface area contributed by atoms with Gasteiger partial charge in [-0.1, -0.05) is 18.2 Å². The predicted octanol–water partition coefficient (Wildman–Crippen LogP) is 3.99. The number of rotatable bonds is 5. The van der Waals surface area contributed by atoms with Gasteiger partial charge in [0.25, 0.3) is 5.91 Å². The van der Waals surface area contributed by atoms with Crippen LogP contribution in [0.4, 0.5) is 5.69 Å². The van der Waals surface area contributed by atoms with E-state index in [0.717, 1.165) is 16.4 Å². The molecule has 0 radical (unpaired) electrons. The number of para-hydroxylation sites is 1. The highest BCUT2D eigenvalue weighted by atomic mass is 16.5. The molecule has 2 heterocycles. The number of nitrogens with one attached hydrogen (secondary N) is 1. The smallest absolute Gasteiger partial charge is 0.257 e. The maximum atomic E-state index is 12.9. The third kappa shape index (κ3) is 2.95. The molecule has 4 rings (SSSR count). The zero-order chi connectivity index (χ0) is 18.1. The second kappa shape index (κ2) is 6.65. The van der Waals surface area contributed by atoms with E-state index in [2.05, 4.69) is 10.3 Å². The average molecular weight is 349 g/mol. The van der Waals surface area contributed by atoms with Gasteiger partial charge in [0.1, 0.15) is 5.52 Å². The fourth-order valence-electron chi connectivity index (χ4n) is 3.12. The second-order valence-electron chi connectivity index (χ2n) is 6.12. The zero-order valence-electron chi connectivity index (χ0n) is 14.7. The third-order valence-corrected chi connectivity index (χ3v) is 4.32. The first-order chi connectivity index (χ1) is 12.7. The Labute approximate surface area is 150 Å². The van der Waals surface area contributed by atoms with E-state index in [1.807, 2.05) is 53.2 Å². The molecule has 0 aliphatic rings. The van der Waals surface area contributed by atoms with Gasteiger partial charge in [-0.3, -0.25) is 4.79 Å². The first kappa shape index (κ1) is 16.4. The molecule has 26 heavy (non-hydrogen) atoms. The number of fused-ring (bicyclic) bond motifs is 2. The van der Waals surface area contributed by atoms with Crippen LogP contribution >= 0.6 is 0 Å².